The molecule has 0 aliphatic carbocycles. The SMILES string of the molecule is CCCOc1ccc(Nc2nc(C)c(Cc3ccc(Cl)cc3)c(=O)[nH]2)cc1. The van der Waals surface area contributed by atoms with Crippen molar-refractivity contribution < 1.29 is 4.74 Å². The minimum Gasteiger partial charge on any atom is -0.494 e. The molecule has 2 aromatic carbocycles. The van der Waals surface area contributed by atoms with E-state index in [0.717, 1.165) is 23.4 Å². The Bertz CT molecular complexity index is 951. The van der Waals surface area contributed by atoms with Crippen LogP contribution in [0.4, 0.5) is 11.6 Å². The lowest BCUT2D eigenvalue weighted by Gasteiger charge is -2.10. The maximum Gasteiger partial charge on any atom is 0.256 e. The standard InChI is InChI=1S/C21H22ClN3O2/c1-3-12-27-18-10-8-17(9-11-18)24-21-23-14(2)19(20(26)25-21)13-15-4-6-16(22)7-5-15/h4-11H,3,12-13H2,1-2H3,(H2,23,24,25,26). The highest BCUT2D eigenvalue weighted by atomic mass is 35.5. The molecule has 0 saturated heterocycles. The van der Waals surface area contributed by atoms with Crippen LogP contribution in [0.3, 0.4) is 0 Å². The quantitative estimate of drug-likeness (QED) is 0.611. The van der Waals surface area contributed by atoms with Crippen LogP contribution in [0.1, 0.15) is 30.2 Å². The predicted molar refractivity (Wildman–Crippen MR) is 109 cm³/mol. The molecule has 3 aromatic rings. The summed E-state index contributed by atoms with van der Waals surface area (Å²) in [6.07, 6.45) is 1.47. The van der Waals surface area contributed by atoms with Crippen LogP contribution in [0.2, 0.25) is 5.02 Å². The third-order valence-electron chi connectivity index (χ3n) is 4.11. The molecule has 2 N–H and O–H groups in total. The number of aryl methyl sites for hydroxylation is 1. The topological polar surface area (TPSA) is 67.0 Å². The second-order valence-corrected chi connectivity index (χ2v) is 6.72. The van der Waals surface area contributed by atoms with E-state index >= 15 is 0 Å². The van der Waals surface area contributed by atoms with Gasteiger partial charge >= 0.3 is 0 Å². The van der Waals surface area contributed by atoms with E-state index in [2.05, 4.69) is 22.2 Å². The molecule has 0 saturated carbocycles. The predicted octanol–water partition coefficient (Wildman–Crippen LogP) is 4.85. The fraction of sp³-hybridized carbons (Fsp3) is 0.238. The van der Waals surface area contributed by atoms with Crippen molar-refractivity contribution in [3.05, 3.63) is 80.7 Å². The summed E-state index contributed by atoms with van der Waals surface area (Å²) in [5, 5.41) is 3.80. The molecule has 5 nitrogen and oxygen atoms in total. The van der Waals surface area contributed by atoms with Gasteiger partial charge in [0.2, 0.25) is 5.95 Å². The van der Waals surface area contributed by atoms with Crippen molar-refractivity contribution in [3.8, 4) is 5.75 Å². The summed E-state index contributed by atoms with van der Waals surface area (Å²) in [6, 6.07) is 15.0. The molecule has 0 aliphatic heterocycles. The molecule has 0 fully saturated rings. The Morgan fingerprint density at radius 2 is 1.81 bits per heavy atom. The zero-order chi connectivity index (χ0) is 19.2. The molecule has 0 amide bonds. The van der Waals surface area contributed by atoms with E-state index in [4.69, 9.17) is 16.3 Å². The van der Waals surface area contributed by atoms with Crippen LogP contribution in [-0.2, 0) is 6.42 Å². The van der Waals surface area contributed by atoms with Gasteiger partial charge in [0, 0.05) is 22.7 Å². The van der Waals surface area contributed by atoms with Gasteiger partial charge in [0.25, 0.3) is 5.56 Å². The summed E-state index contributed by atoms with van der Waals surface area (Å²) in [6.45, 7) is 4.60. The van der Waals surface area contributed by atoms with Crippen LogP contribution < -0.4 is 15.6 Å². The van der Waals surface area contributed by atoms with Crippen molar-refractivity contribution in [3.63, 3.8) is 0 Å². The molecule has 0 atom stereocenters. The van der Waals surface area contributed by atoms with Crippen molar-refractivity contribution >= 4 is 23.2 Å². The molecule has 1 aromatic heterocycles. The van der Waals surface area contributed by atoms with Gasteiger partial charge in [0.1, 0.15) is 5.75 Å². The first-order valence-electron chi connectivity index (χ1n) is 8.89. The Balaban J connectivity index is 1.74. The van der Waals surface area contributed by atoms with Crippen LogP contribution in [0.15, 0.2) is 53.3 Å². The van der Waals surface area contributed by atoms with Gasteiger partial charge < -0.3 is 10.1 Å². The van der Waals surface area contributed by atoms with Gasteiger partial charge in [-0.15, -0.1) is 0 Å². The Kier molecular flexibility index (Phi) is 6.14. The molecule has 1 heterocycles. The number of H-pyrrole nitrogens is 1. The zero-order valence-corrected chi connectivity index (χ0v) is 16.1. The number of nitrogens with zero attached hydrogens (tertiary/aromatic N) is 1. The van der Waals surface area contributed by atoms with E-state index in [1.807, 2.05) is 55.5 Å². The molecule has 0 bridgehead atoms. The number of aromatic amines is 1. The lowest BCUT2D eigenvalue weighted by atomic mass is 10.1. The van der Waals surface area contributed by atoms with E-state index < -0.39 is 0 Å². The Labute approximate surface area is 163 Å². The third-order valence-corrected chi connectivity index (χ3v) is 4.36. The minimum atomic E-state index is -0.150. The van der Waals surface area contributed by atoms with Crippen molar-refractivity contribution in [2.24, 2.45) is 0 Å². The number of nitrogens with one attached hydrogen (secondary N) is 2. The Hall–Kier alpha value is -2.79. The van der Waals surface area contributed by atoms with Crippen molar-refractivity contribution in [1.29, 1.82) is 0 Å². The zero-order valence-electron chi connectivity index (χ0n) is 15.4. The number of hydrogen-bond acceptors (Lipinski definition) is 4. The van der Waals surface area contributed by atoms with Crippen LogP contribution >= 0.6 is 11.6 Å². The normalized spacial score (nSPS) is 10.6. The fourth-order valence-electron chi connectivity index (χ4n) is 2.68. The maximum absolute atomic E-state index is 12.5. The highest BCUT2D eigenvalue weighted by Crippen LogP contribution is 2.19. The number of benzene rings is 2. The highest BCUT2D eigenvalue weighted by molar-refractivity contribution is 6.30. The molecular formula is C21H22ClN3O2. The first-order chi connectivity index (χ1) is 13.0. The summed E-state index contributed by atoms with van der Waals surface area (Å²) < 4.78 is 5.57. The summed E-state index contributed by atoms with van der Waals surface area (Å²) in [4.78, 5) is 19.8. The number of ether oxygens (including phenoxy) is 1. The van der Waals surface area contributed by atoms with E-state index in [1.165, 1.54) is 0 Å². The van der Waals surface area contributed by atoms with Crippen LogP contribution in [0.25, 0.3) is 0 Å². The summed E-state index contributed by atoms with van der Waals surface area (Å²) in [5.41, 5.74) is 3.03. The van der Waals surface area contributed by atoms with Gasteiger partial charge in [-0.25, -0.2) is 4.98 Å². The summed E-state index contributed by atoms with van der Waals surface area (Å²) >= 11 is 5.91. The van der Waals surface area contributed by atoms with E-state index in [0.29, 0.717) is 35.3 Å². The molecule has 3 rings (SSSR count). The number of rotatable bonds is 7. The molecule has 0 aliphatic rings. The molecule has 0 unspecified atom stereocenters. The van der Waals surface area contributed by atoms with E-state index in [-0.39, 0.29) is 5.56 Å². The Morgan fingerprint density at radius 3 is 2.44 bits per heavy atom. The number of halogens is 1. The Morgan fingerprint density at radius 1 is 1.11 bits per heavy atom. The second kappa shape index (κ2) is 8.73. The number of aromatic nitrogens is 2. The molecular weight excluding hydrogens is 362 g/mol. The van der Waals surface area contributed by atoms with Gasteiger partial charge in [0.05, 0.1) is 12.3 Å². The summed E-state index contributed by atoms with van der Waals surface area (Å²) in [5.74, 6) is 1.23. The smallest absolute Gasteiger partial charge is 0.256 e. The summed E-state index contributed by atoms with van der Waals surface area (Å²) in [7, 11) is 0. The molecule has 27 heavy (non-hydrogen) atoms. The van der Waals surface area contributed by atoms with E-state index in [9.17, 15) is 4.79 Å². The molecule has 0 radical (unpaired) electrons. The average molecular weight is 384 g/mol. The molecule has 0 spiro atoms. The minimum absolute atomic E-state index is 0.150. The molecule has 140 valence electrons. The van der Waals surface area contributed by atoms with Crippen molar-refractivity contribution in [2.75, 3.05) is 11.9 Å². The lowest BCUT2D eigenvalue weighted by Crippen LogP contribution is -2.18. The monoisotopic (exact) mass is 383 g/mol. The van der Waals surface area contributed by atoms with Crippen molar-refractivity contribution in [1.82, 2.24) is 9.97 Å². The fourth-order valence-corrected chi connectivity index (χ4v) is 2.80. The average Bonchev–Trinajstić information content (AvgIpc) is 2.66. The lowest BCUT2D eigenvalue weighted by molar-refractivity contribution is 0.317. The first kappa shape index (κ1) is 19.0. The van der Waals surface area contributed by atoms with Gasteiger partial charge in [-0.3, -0.25) is 9.78 Å². The first-order valence-corrected chi connectivity index (χ1v) is 9.27. The maximum atomic E-state index is 12.5. The second-order valence-electron chi connectivity index (χ2n) is 6.28. The van der Waals surface area contributed by atoms with Gasteiger partial charge in [-0.1, -0.05) is 30.7 Å². The van der Waals surface area contributed by atoms with Crippen LogP contribution in [0.5, 0.6) is 5.75 Å². The van der Waals surface area contributed by atoms with Crippen molar-refractivity contribution in [2.45, 2.75) is 26.7 Å². The van der Waals surface area contributed by atoms with Gasteiger partial charge in [-0.2, -0.15) is 0 Å². The van der Waals surface area contributed by atoms with Gasteiger partial charge in [-0.05, 0) is 55.3 Å². The number of hydrogen-bond donors (Lipinski definition) is 2. The van der Waals surface area contributed by atoms with Gasteiger partial charge in [0.15, 0.2) is 0 Å². The third kappa shape index (κ3) is 5.11. The van der Waals surface area contributed by atoms with Crippen LogP contribution in [-0.4, -0.2) is 16.6 Å². The van der Waals surface area contributed by atoms with E-state index in [1.54, 1.807) is 0 Å². The molecule has 6 heteroatoms. The highest BCUT2D eigenvalue weighted by Gasteiger charge is 2.09. The largest absolute Gasteiger partial charge is 0.494 e. The number of anilines is 2. The van der Waals surface area contributed by atoms with Crippen LogP contribution in [0, 0.1) is 6.92 Å².